The van der Waals surface area contributed by atoms with E-state index in [4.69, 9.17) is 19.3 Å². The number of carboxylic acids is 1. The summed E-state index contributed by atoms with van der Waals surface area (Å²) in [6, 6.07) is 23.8. The molecule has 3 rings (SSSR count). The second kappa shape index (κ2) is 10.9. The van der Waals surface area contributed by atoms with Gasteiger partial charge in [0.25, 0.3) is 0 Å². The monoisotopic (exact) mass is 418 g/mol. The van der Waals surface area contributed by atoms with E-state index in [-0.39, 0.29) is 5.76 Å². The van der Waals surface area contributed by atoms with E-state index in [1.54, 1.807) is 0 Å². The van der Waals surface area contributed by atoms with Crippen LogP contribution in [-0.4, -0.2) is 31.4 Å². The van der Waals surface area contributed by atoms with Gasteiger partial charge in [-0.1, -0.05) is 48.5 Å². The van der Waals surface area contributed by atoms with E-state index in [2.05, 4.69) is 24.3 Å². The van der Waals surface area contributed by atoms with Crippen molar-refractivity contribution >= 4 is 12.0 Å². The van der Waals surface area contributed by atoms with E-state index in [0.717, 1.165) is 34.6 Å². The average Bonchev–Trinajstić information content (AvgIpc) is 2.79. The van der Waals surface area contributed by atoms with Gasteiger partial charge in [0.05, 0.1) is 20.3 Å². The van der Waals surface area contributed by atoms with Crippen molar-refractivity contribution in [2.45, 2.75) is 13.3 Å². The summed E-state index contributed by atoms with van der Waals surface area (Å²) in [5.74, 6) is 0.359. The Morgan fingerprint density at radius 3 is 2.10 bits per heavy atom. The lowest BCUT2D eigenvalue weighted by Gasteiger charge is -2.10. The predicted molar refractivity (Wildman–Crippen MR) is 121 cm³/mol. The molecule has 0 aliphatic carbocycles. The van der Waals surface area contributed by atoms with E-state index in [1.807, 2.05) is 55.5 Å². The normalized spacial score (nSPS) is 11.1. The molecule has 0 atom stereocenters. The van der Waals surface area contributed by atoms with Gasteiger partial charge in [0.1, 0.15) is 11.5 Å². The molecule has 0 spiro atoms. The molecule has 0 bridgehead atoms. The van der Waals surface area contributed by atoms with Crippen LogP contribution in [0.3, 0.4) is 0 Å². The minimum Gasteiger partial charge on any atom is -0.493 e. The zero-order valence-corrected chi connectivity index (χ0v) is 17.7. The Kier molecular flexibility index (Phi) is 7.71. The fraction of sp³-hybridized carbons (Fsp3) is 0.192. The highest BCUT2D eigenvalue weighted by molar-refractivity contribution is 5.90. The highest BCUT2D eigenvalue weighted by Crippen LogP contribution is 2.22. The smallest absolute Gasteiger partial charge is 0.371 e. The predicted octanol–water partition coefficient (Wildman–Crippen LogP) is 5.58. The average molecular weight is 418 g/mol. The first kappa shape index (κ1) is 22.0. The van der Waals surface area contributed by atoms with Gasteiger partial charge in [0.15, 0.2) is 0 Å². The number of aliphatic carboxylic acids is 1. The summed E-state index contributed by atoms with van der Waals surface area (Å²) in [5.41, 5.74) is 4.02. The molecule has 3 aromatic rings. The van der Waals surface area contributed by atoms with E-state index >= 15 is 0 Å². The van der Waals surface area contributed by atoms with Gasteiger partial charge < -0.3 is 19.3 Å². The summed E-state index contributed by atoms with van der Waals surface area (Å²) in [6.45, 7) is 2.98. The number of benzene rings is 3. The third-order valence-corrected chi connectivity index (χ3v) is 4.75. The minimum atomic E-state index is -1.10. The molecule has 0 fully saturated rings. The lowest BCUT2D eigenvalue weighted by Crippen LogP contribution is -2.05. The number of hydrogen-bond donors (Lipinski definition) is 1. The quantitative estimate of drug-likeness (QED) is 0.264. The Morgan fingerprint density at radius 1 is 0.871 bits per heavy atom. The lowest BCUT2D eigenvalue weighted by molar-refractivity contribution is -0.135. The van der Waals surface area contributed by atoms with E-state index in [0.29, 0.717) is 13.2 Å². The first-order chi connectivity index (χ1) is 15.1. The highest BCUT2D eigenvalue weighted by Gasteiger charge is 2.08. The Hall–Kier alpha value is -3.73. The standard InChI is InChI=1S/C26H26O5/c1-19-17-24(14-11-22(19)18-25(29-2)26(27)28)31-16-6-15-30-23-12-9-21(10-13-23)20-7-4-3-5-8-20/h3-5,7-14,17-18H,6,15-16H2,1-2H3,(H,27,28)/b25-18-. The maximum atomic E-state index is 11.1. The number of aryl methyl sites for hydroxylation is 1. The van der Waals surface area contributed by atoms with Gasteiger partial charge in [-0.05, 0) is 59.5 Å². The molecule has 0 unspecified atom stereocenters. The highest BCUT2D eigenvalue weighted by atomic mass is 16.5. The van der Waals surface area contributed by atoms with Crippen LogP contribution in [0, 0.1) is 6.92 Å². The molecule has 0 saturated heterocycles. The number of rotatable bonds is 10. The molecule has 0 amide bonds. The second-order valence-corrected chi connectivity index (χ2v) is 6.98. The summed E-state index contributed by atoms with van der Waals surface area (Å²) < 4.78 is 16.5. The van der Waals surface area contributed by atoms with Crippen LogP contribution in [0.2, 0.25) is 0 Å². The van der Waals surface area contributed by atoms with E-state index < -0.39 is 5.97 Å². The Labute approximate surface area is 182 Å². The molecule has 0 aromatic heterocycles. The van der Waals surface area contributed by atoms with Gasteiger partial charge in [-0.25, -0.2) is 4.79 Å². The van der Waals surface area contributed by atoms with Crippen LogP contribution < -0.4 is 9.47 Å². The van der Waals surface area contributed by atoms with Crippen molar-refractivity contribution in [1.82, 2.24) is 0 Å². The van der Waals surface area contributed by atoms with Crippen LogP contribution in [-0.2, 0) is 9.53 Å². The summed E-state index contributed by atoms with van der Waals surface area (Å²) in [6.07, 6.45) is 2.24. The molecule has 0 aliphatic rings. The van der Waals surface area contributed by atoms with Crippen molar-refractivity contribution < 1.29 is 24.1 Å². The maximum Gasteiger partial charge on any atom is 0.371 e. The molecule has 31 heavy (non-hydrogen) atoms. The van der Waals surface area contributed by atoms with Crippen LogP contribution in [0.5, 0.6) is 11.5 Å². The third kappa shape index (κ3) is 6.37. The molecule has 0 aliphatic heterocycles. The largest absolute Gasteiger partial charge is 0.493 e. The van der Waals surface area contributed by atoms with Gasteiger partial charge in [-0.3, -0.25) is 0 Å². The summed E-state index contributed by atoms with van der Waals surface area (Å²) in [7, 11) is 1.34. The van der Waals surface area contributed by atoms with Crippen molar-refractivity contribution in [1.29, 1.82) is 0 Å². The molecule has 5 nitrogen and oxygen atoms in total. The molecule has 1 N–H and O–H groups in total. The minimum absolute atomic E-state index is 0.106. The number of ether oxygens (including phenoxy) is 3. The molecular formula is C26H26O5. The summed E-state index contributed by atoms with van der Waals surface area (Å²) >= 11 is 0. The van der Waals surface area contributed by atoms with Gasteiger partial charge in [0.2, 0.25) is 5.76 Å². The zero-order valence-electron chi connectivity index (χ0n) is 17.7. The summed E-state index contributed by atoms with van der Waals surface area (Å²) in [4.78, 5) is 11.1. The van der Waals surface area contributed by atoms with E-state index in [9.17, 15) is 4.79 Å². The Bertz CT molecular complexity index is 1020. The summed E-state index contributed by atoms with van der Waals surface area (Å²) in [5, 5.41) is 9.06. The Balaban J connectivity index is 1.45. The first-order valence-corrected chi connectivity index (χ1v) is 10.1. The first-order valence-electron chi connectivity index (χ1n) is 10.1. The van der Waals surface area contributed by atoms with Gasteiger partial charge in [-0.2, -0.15) is 0 Å². The Morgan fingerprint density at radius 2 is 1.48 bits per heavy atom. The van der Waals surface area contributed by atoms with Crippen LogP contribution in [0.1, 0.15) is 17.5 Å². The zero-order chi connectivity index (χ0) is 22.1. The number of carboxylic acid groups (broad SMARTS) is 1. The van der Waals surface area contributed by atoms with Crippen LogP contribution >= 0.6 is 0 Å². The van der Waals surface area contributed by atoms with Gasteiger partial charge in [-0.15, -0.1) is 0 Å². The SMILES string of the molecule is CO/C(=C\c1ccc(OCCCOc2ccc(-c3ccccc3)cc2)cc1C)C(=O)O. The van der Waals surface area contributed by atoms with Crippen molar-refractivity contribution in [3.63, 3.8) is 0 Å². The molecule has 0 heterocycles. The molecule has 0 radical (unpaired) electrons. The van der Waals surface area contributed by atoms with Crippen molar-refractivity contribution in [2.75, 3.05) is 20.3 Å². The van der Waals surface area contributed by atoms with Crippen molar-refractivity contribution in [3.05, 3.63) is 89.7 Å². The fourth-order valence-electron chi connectivity index (χ4n) is 3.06. The maximum absolute atomic E-state index is 11.1. The third-order valence-electron chi connectivity index (χ3n) is 4.75. The van der Waals surface area contributed by atoms with E-state index in [1.165, 1.54) is 18.7 Å². The van der Waals surface area contributed by atoms with Crippen LogP contribution in [0.4, 0.5) is 0 Å². The van der Waals surface area contributed by atoms with Crippen molar-refractivity contribution in [3.8, 4) is 22.6 Å². The topological polar surface area (TPSA) is 65.0 Å². The number of hydrogen-bond acceptors (Lipinski definition) is 4. The molecular weight excluding hydrogens is 392 g/mol. The van der Waals surface area contributed by atoms with Crippen LogP contribution in [0.25, 0.3) is 17.2 Å². The number of carbonyl (C=O) groups is 1. The van der Waals surface area contributed by atoms with Crippen molar-refractivity contribution in [2.24, 2.45) is 0 Å². The molecule has 0 saturated carbocycles. The van der Waals surface area contributed by atoms with Crippen LogP contribution in [0.15, 0.2) is 78.6 Å². The molecule has 160 valence electrons. The van der Waals surface area contributed by atoms with Gasteiger partial charge in [0, 0.05) is 6.42 Å². The second-order valence-electron chi connectivity index (χ2n) is 6.98. The fourth-order valence-corrected chi connectivity index (χ4v) is 3.06. The molecule has 3 aromatic carbocycles. The number of methoxy groups -OCH3 is 1. The van der Waals surface area contributed by atoms with Gasteiger partial charge >= 0.3 is 5.97 Å². The molecule has 5 heteroatoms. The lowest BCUT2D eigenvalue weighted by atomic mass is 10.1.